The highest BCUT2D eigenvalue weighted by Gasteiger charge is 2.41. The van der Waals surface area contributed by atoms with Gasteiger partial charge >= 0.3 is 0 Å². The molecule has 22 heavy (non-hydrogen) atoms. The van der Waals surface area contributed by atoms with Crippen LogP contribution in [0.1, 0.15) is 70.6 Å². The second-order valence-electron chi connectivity index (χ2n) is 7.00. The number of halogens is 1. The van der Waals surface area contributed by atoms with Crippen LogP contribution in [0.3, 0.4) is 0 Å². The molecule has 128 valence electrons. The third-order valence-corrected chi connectivity index (χ3v) is 5.44. The Morgan fingerprint density at radius 1 is 0.909 bits per heavy atom. The molecule has 0 radical (unpaired) electrons. The monoisotopic (exact) mass is 331 g/mol. The average molecular weight is 332 g/mol. The molecule has 5 N–H and O–H groups in total. The highest BCUT2D eigenvalue weighted by molar-refractivity contribution is 5.90. The van der Waals surface area contributed by atoms with Gasteiger partial charge in [0, 0.05) is 6.42 Å². The van der Waals surface area contributed by atoms with Crippen LogP contribution >= 0.6 is 12.4 Å². The van der Waals surface area contributed by atoms with E-state index in [1.54, 1.807) is 0 Å². The van der Waals surface area contributed by atoms with Crippen molar-refractivity contribution in [2.45, 2.75) is 76.2 Å². The van der Waals surface area contributed by atoms with Crippen LogP contribution in [-0.2, 0) is 9.59 Å². The first-order valence-corrected chi connectivity index (χ1v) is 8.33. The number of rotatable bonds is 5. The molecule has 0 spiro atoms. The Kier molecular flexibility index (Phi) is 7.13. The fourth-order valence-corrected chi connectivity index (χ4v) is 3.99. The summed E-state index contributed by atoms with van der Waals surface area (Å²) in [7, 11) is 0. The minimum absolute atomic E-state index is 0. The van der Waals surface area contributed by atoms with Gasteiger partial charge in [-0.1, -0.05) is 38.5 Å². The molecule has 6 heteroatoms. The van der Waals surface area contributed by atoms with E-state index in [0.29, 0.717) is 25.8 Å². The normalized spacial score (nSPS) is 23.1. The molecule has 0 aromatic heterocycles. The number of primary amides is 1. The number of nitrogens with two attached hydrogens (primary N) is 2. The largest absolute Gasteiger partial charge is 0.368 e. The Labute approximate surface area is 139 Å². The fourth-order valence-electron chi connectivity index (χ4n) is 3.99. The predicted octanol–water partition coefficient (Wildman–Crippen LogP) is 2.01. The molecule has 0 unspecified atom stereocenters. The van der Waals surface area contributed by atoms with E-state index in [-0.39, 0.29) is 29.6 Å². The molecule has 0 saturated heterocycles. The second-order valence-corrected chi connectivity index (χ2v) is 7.00. The lowest BCUT2D eigenvalue weighted by Crippen LogP contribution is -2.59. The zero-order valence-corrected chi connectivity index (χ0v) is 14.2. The Balaban J connectivity index is 0.00000242. The quantitative estimate of drug-likeness (QED) is 0.718. The fraction of sp³-hybridized carbons (Fsp3) is 0.875. The summed E-state index contributed by atoms with van der Waals surface area (Å²) in [5, 5.41) is 2.97. The van der Waals surface area contributed by atoms with Crippen molar-refractivity contribution >= 4 is 24.2 Å². The topological polar surface area (TPSA) is 98.2 Å². The Bertz CT molecular complexity index is 389. The summed E-state index contributed by atoms with van der Waals surface area (Å²) in [6.45, 7) is 0.546. The van der Waals surface area contributed by atoms with Gasteiger partial charge in [0.25, 0.3) is 0 Å². The minimum atomic E-state index is -0.820. The summed E-state index contributed by atoms with van der Waals surface area (Å²) in [6.07, 6.45) is 10.3. The zero-order chi connectivity index (χ0) is 15.3. The maximum atomic E-state index is 12.5. The van der Waals surface area contributed by atoms with Gasteiger partial charge in [0.2, 0.25) is 11.8 Å². The number of carbonyl (C=O) groups excluding carboxylic acids is 2. The van der Waals surface area contributed by atoms with E-state index in [0.717, 1.165) is 44.9 Å². The third kappa shape index (κ3) is 4.35. The molecule has 5 nitrogen and oxygen atoms in total. The summed E-state index contributed by atoms with van der Waals surface area (Å²) in [4.78, 5) is 24.3. The second kappa shape index (κ2) is 8.16. The van der Waals surface area contributed by atoms with E-state index in [1.807, 2.05) is 0 Å². The molecular weight excluding hydrogens is 302 g/mol. The lowest BCUT2D eigenvalue weighted by Gasteiger charge is -2.39. The van der Waals surface area contributed by atoms with Crippen LogP contribution in [0.2, 0.25) is 0 Å². The van der Waals surface area contributed by atoms with E-state index < -0.39 is 5.54 Å². The van der Waals surface area contributed by atoms with Crippen molar-refractivity contribution in [2.24, 2.45) is 16.9 Å². The van der Waals surface area contributed by atoms with E-state index in [1.165, 1.54) is 6.42 Å². The first kappa shape index (κ1) is 19.2. The van der Waals surface area contributed by atoms with Gasteiger partial charge in [-0.15, -0.1) is 12.4 Å². The highest BCUT2D eigenvalue weighted by atomic mass is 35.5. The van der Waals surface area contributed by atoms with Crippen LogP contribution < -0.4 is 16.8 Å². The molecule has 2 amide bonds. The van der Waals surface area contributed by atoms with E-state index in [9.17, 15) is 9.59 Å². The first-order chi connectivity index (χ1) is 10.0. The highest BCUT2D eigenvalue weighted by Crippen LogP contribution is 2.38. The van der Waals surface area contributed by atoms with Crippen LogP contribution in [-0.4, -0.2) is 23.9 Å². The van der Waals surface area contributed by atoms with Gasteiger partial charge in [-0.3, -0.25) is 9.59 Å². The molecule has 2 aliphatic rings. The Morgan fingerprint density at radius 3 is 1.86 bits per heavy atom. The van der Waals surface area contributed by atoms with E-state index in [2.05, 4.69) is 5.32 Å². The summed E-state index contributed by atoms with van der Waals surface area (Å²) < 4.78 is 0. The van der Waals surface area contributed by atoms with Gasteiger partial charge in [0.05, 0.1) is 0 Å². The molecule has 0 atom stereocenters. The first-order valence-electron chi connectivity index (χ1n) is 8.33. The molecule has 0 aromatic rings. The summed E-state index contributed by atoms with van der Waals surface area (Å²) in [6, 6.07) is 0. The lowest BCUT2D eigenvalue weighted by molar-refractivity contribution is -0.134. The van der Waals surface area contributed by atoms with Crippen LogP contribution in [0, 0.1) is 5.41 Å². The van der Waals surface area contributed by atoms with Crippen LogP contribution in [0.15, 0.2) is 0 Å². The van der Waals surface area contributed by atoms with Crippen LogP contribution in [0.5, 0.6) is 0 Å². The Morgan fingerprint density at radius 2 is 1.41 bits per heavy atom. The molecule has 0 bridgehead atoms. The van der Waals surface area contributed by atoms with Crippen molar-refractivity contribution in [3.8, 4) is 0 Å². The molecule has 2 saturated carbocycles. The number of nitrogens with one attached hydrogen (secondary N) is 1. The summed E-state index contributed by atoms with van der Waals surface area (Å²) >= 11 is 0. The predicted molar refractivity (Wildman–Crippen MR) is 89.6 cm³/mol. The van der Waals surface area contributed by atoms with Crippen LogP contribution in [0.4, 0.5) is 0 Å². The number of carbonyl (C=O) groups is 2. The average Bonchev–Trinajstić information content (AvgIpc) is 2.48. The molecular formula is C16H30ClN3O2. The smallest absolute Gasteiger partial charge is 0.243 e. The van der Waals surface area contributed by atoms with Gasteiger partial charge in [0.15, 0.2) is 0 Å². The summed E-state index contributed by atoms with van der Waals surface area (Å²) in [5.41, 5.74) is 10.6. The van der Waals surface area contributed by atoms with Gasteiger partial charge in [-0.25, -0.2) is 0 Å². The van der Waals surface area contributed by atoms with Crippen LogP contribution in [0.25, 0.3) is 0 Å². The van der Waals surface area contributed by atoms with Crippen molar-refractivity contribution < 1.29 is 9.59 Å². The molecule has 0 heterocycles. The summed E-state index contributed by atoms with van der Waals surface area (Å²) in [5.74, 6) is -0.441. The molecule has 2 aliphatic carbocycles. The number of hydrogen-bond donors (Lipinski definition) is 3. The van der Waals surface area contributed by atoms with Crippen molar-refractivity contribution in [1.29, 1.82) is 0 Å². The van der Waals surface area contributed by atoms with Crippen molar-refractivity contribution in [3.63, 3.8) is 0 Å². The molecule has 0 aliphatic heterocycles. The maximum Gasteiger partial charge on any atom is 0.243 e. The van der Waals surface area contributed by atoms with Gasteiger partial charge in [-0.05, 0) is 37.6 Å². The van der Waals surface area contributed by atoms with Crippen molar-refractivity contribution in [3.05, 3.63) is 0 Å². The third-order valence-electron chi connectivity index (χ3n) is 5.44. The SMILES string of the molecule is Cl.NCC1(CC(=O)NC2(C(N)=O)CCCCC2)CCCCC1. The number of hydrogen-bond acceptors (Lipinski definition) is 3. The molecule has 2 fully saturated rings. The van der Waals surface area contributed by atoms with E-state index in [4.69, 9.17) is 11.5 Å². The lowest BCUT2D eigenvalue weighted by atomic mass is 9.71. The number of amides is 2. The molecule has 0 aromatic carbocycles. The van der Waals surface area contributed by atoms with Gasteiger partial charge < -0.3 is 16.8 Å². The van der Waals surface area contributed by atoms with Gasteiger partial charge in [0.1, 0.15) is 5.54 Å². The van der Waals surface area contributed by atoms with Gasteiger partial charge in [-0.2, -0.15) is 0 Å². The van der Waals surface area contributed by atoms with Crippen molar-refractivity contribution in [1.82, 2.24) is 5.32 Å². The molecule has 2 rings (SSSR count). The minimum Gasteiger partial charge on any atom is -0.368 e. The Hall–Kier alpha value is -0.810. The van der Waals surface area contributed by atoms with Crippen molar-refractivity contribution in [2.75, 3.05) is 6.54 Å². The standard InChI is InChI=1S/C16H29N3O2.ClH/c17-12-15(7-3-1-4-8-15)11-13(20)19-16(14(18)21)9-5-2-6-10-16;/h1-12,17H2,(H2,18,21)(H,19,20);1H. The maximum absolute atomic E-state index is 12.5. The van der Waals surface area contributed by atoms with E-state index >= 15 is 0 Å². The zero-order valence-electron chi connectivity index (χ0n) is 13.4.